The molecular formula is C12H14N4O3S2. The second kappa shape index (κ2) is 4.92. The smallest absolute Gasteiger partial charge is 0.274 e. The molecule has 3 rings (SSSR count). The molecule has 0 aromatic carbocycles. The fourth-order valence-electron chi connectivity index (χ4n) is 2.28. The number of hydrogen-bond donors (Lipinski definition) is 1. The number of rotatable bonds is 4. The Morgan fingerprint density at radius 3 is 2.86 bits per heavy atom. The van der Waals surface area contributed by atoms with Crippen LogP contribution in [-0.2, 0) is 21.9 Å². The predicted molar refractivity (Wildman–Crippen MR) is 76.2 cm³/mol. The van der Waals surface area contributed by atoms with Gasteiger partial charge in [0.1, 0.15) is 0 Å². The summed E-state index contributed by atoms with van der Waals surface area (Å²) in [6, 6.07) is 1.85. The van der Waals surface area contributed by atoms with Crippen molar-refractivity contribution < 1.29 is 13.2 Å². The van der Waals surface area contributed by atoms with E-state index in [2.05, 4.69) is 14.8 Å². The van der Waals surface area contributed by atoms with Crippen molar-refractivity contribution >= 4 is 27.3 Å². The SMILES string of the molecule is Cc1ncc(S(=O)(=O)NC(=O)[C@@H]2C[C@H]2c2ccnn2C)s1. The Bertz CT molecular complexity index is 793. The van der Waals surface area contributed by atoms with Gasteiger partial charge in [0.2, 0.25) is 5.91 Å². The number of nitrogens with one attached hydrogen (secondary N) is 1. The highest BCUT2D eigenvalue weighted by Crippen LogP contribution is 2.47. The van der Waals surface area contributed by atoms with Gasteiger partial charge in [-0.05, 0) is 19.4 Å². The molecule has 0 unspecified atom stereocenters. The monoisotopic (exact) mass is 326 g/mol. The molecule has 0 aliphatic heterocycles. The Morgan fingerprint density at radius 2 is 2.29 bits per heavy atom. The van der Waals surface area contributed by atoms with Crippen LogP contribution in [0.15, 0.2) is 22.7 Å². The minimum atomic E-state index is -3.81. The van der Waals surface area contributed by atoms with Crippen LogP contribution in [0.3, 0.4) is 0 Å². The van der Waals surface area contributed by atoms with Crippen molar-refractivity contribution in [1.82, 2.24) is 19.5 Å². The second-order valence-corrected chi connectivity index (χ2v) is 8.14. The standard InChI is InChI=1S/C12H14N4O3S2/c1-7-13-6-11(20-7)21(18,19)15-12(17)9-5-8(9)10-3-4-14-16(10)2/h3-4,6,8-9H,5H2,1-2H3,(H,15,17)/t8-,9-/m1/s1. The summed E-state index contributed by atoms with van der Waals surface area (Å²) in [6.07, 6.45) is 3.57. The molecule has 0 radical (unpaired) electrons. The maximum Gasteiger partial charge on any atom is 0.275 e. The van der Waals surface area contributed by atoms with E-state index < -0.39 is 15.9 Å². The number of aryl methyl sites for hydroxylation is 2. The van der Waals surface area contributed by atoms with E-state index in [0.717, 1.165) is 17.0 Å². The van der Waals surface area contributed by atoms with Gasteiger partial charge in [-0.15, -0.1) is 11.3 Å². The van der Waals surface area contributed by atoms with Gasteiger partial charge in [-0.25, -0.2) is 18.1 Å². The minimum Gasteiger partial charge on any atom is -0.274 e. The zero-order valence-electron chi connectivity index (χ0n) is 11.5. The van der Waals surface area contributed by atoms with E-state index in [4.69, 9.17) is 0 Å². The second-order valence-electron chi connectivity index (χ2n) is 5.00. The summed E-state index contributed by atoms with van der Waals surface area (Å²) in [6.45, 7) is 1.71. The summed E-state index contributed by atoms with van der Waals surface area (Å²) in [7, 11) is -2.01. The lowest BCUT2D eigenvalue weighted by atomic mass is 10.2. The minimum absolute atomic E-state index is 0.0379. The van der Waals surface area contributed by atoms with Gasteiger partial charge in [0, 0.05) is 30.8 Å². The van der Waals surface area contributed by atoms with Crippen molar-refractivity contribution in [1.29, 1.82) is 0 Å². The number of carbonyl (C=O) groups is 1. The summed E-state index contributed by atoms with van der Waals surface area (Å²) in [4.78, 5) is 16.0. The number of sulfonamides is 1. The van der Waals surface area contributed by atoms with Gasteiger partial charge in [-0.2, -0.15) is 5.10 Å². The molecule has 1 N–H and O–H groups in total. The average Bonchev–Trinajstić information content (AvgIpc) is 2.88. The lowest BCUT2D eigenvalue weighted by molar-refractivity contribution is -0.120. The van der Waals surface area contributed by atoms with E-state index in [1.165, 1.54) is 6.20 Å². The van der Waals surface area contributed by atoms with E-state index in [-0.39, 0.29) is 16.0 Å². The normalized spacial score (nSPS) is 21.2. The fraction of sp³-hybridized carbons (Fsp3) is 0.417. The number of amides is 1. The number of hydrogen-bond acceptors (Lipinski definition) is 6. The largest absolute Gasteiger partial charge is 0.275 e. The highest BCUT2D eigenvalue weighted by atomic mass is 32.2. The zero-order chi connectivity index (χ0) is 15.2. The Balaban J connectivity index is 1.70. The molecule has 1 saturated carbocycles. The third-order valence-electron chi connectivity index (χ3n) is 3.47. The number of carbonyl (C=O) groups excluding carboxylic acids is 1. The molecule has 2 heterocycles. The Morgan fingerprint density at radius 1 is 1.52 bits per heavy atom. The van der Waals surface area contributed by atoms with Gasteiger partial charge in [0.05, 0.1) is 11.2 Å². The molecule has 2 aromatic heterocycles. The summed E-state index contributed by atoms with van der Waals surface area (Å²) in [5.74, 6) is -0.743. The highest BCUT2D eigenvalue weighted by molar-refractivity contribution is 7.92. The van der Waals surface area contributed by atoms with E-state index in [1.54, 1.807) is 24.9 Å². The van der Waals surface area contributed by atoms with Crippen LogP contribution >= 0.6 is 11.3 Å². The van der Waals surface area contributed by atoms with Gasteiger partial charge < -0.3 is 0 Å². The van der Waals surface area contributed by atoms with Crippen LogP contribution in [0.2, 0.25) is 0 Å². The number of thiazole rings is 1. The van der Waals surface area contributed by atoms with Gasteiger partial charge in [-0.3, -0.25) is 9.48 Å². The number of nitrogens with zero attached hydrogens (tertiary/aromatic N) is 3. The fourth-order valence-corrected chi connectivity index (χ4v) is 4.42. The van der Waals surface area contributed by atoms with Crippen molar-refractivity contribution in [2.24, 2.45) is 13.0 Å². The van der Waals surface area contributed by atoms with Gasteiger partial charge in [-0.1, -0.05) is 0 Å². The van der Waals surface area contributed by atoms with Crippen molar-refractivity contribution in [3.8, 4) is 0 Å². The lowest BCUT2D eigenvalue weighted by Crippen LogP contribution is -2.31. The summed E-state index contributed by atoms with van der Waals surface area (Å²) >= 11 is 1.04. The van der Waals surface area contributed by atoms with Crippen molar-refractivity contribution in [2.75, 3.05) is 0 Å². The third-order valence-corrected chi connectivity index (χ3v) is 6.19. The molecule has 0 spiro atoms. The molecule has 9 heteroatoms. The molecule has 2 aromatic rings. The molecule has 1 fully saturated rings. The Labute approximate surface area is 126 Å². The van der Waals surface area contributed by atoms with Crippen LogP contribution in [0.5, 0.6) is 0 Å². The summed E-state index contributed by atoms with van der Waals surface area (Å²) < 4.78 is 28.0. The lowest BCUT2D eigenvalue weighted by Gasteiger charge is -2.04. The summed E-state index contributed by atoms with van der Waals surface area (Å²) in [5.41, 5.74) is 0.946. The van der Waals surface area contributed by atoms with E-state index in [9.17, 15) is 13.2 Å². The van der Waals surface area contributed by atoms with Crippen molar-refractivity contribution in [2.45, 2.75) is 23.5 Å². The van der Waals surface area contributed by atoms with E-state index in [1.807, 2.05) is 6.07 Å². The molecule has 0 saturated heterocycles. The first kappa shape index (κ1) is 14.2. The number of aromatic nitrogens is 3. The third kappa shape index (κ3) is 2.70. The van der Waals surface area contributed by atoms with Crippen LogP contribution in [0, 0.1) is 12.8 Å². The molecule has 1 amide bonds. The van der Waals surface area contributed by atoms with E-state index >= 15 is 0 Å². The van der Waals surface area contributed by atoms with Crippen LogP contribution in [0.25, 0.3) is 0 Å². The molecule has 1 aliphatic rings. The van der Waals surface area contributed by atoms with Crippen molar-refractivity contribution in [3.05, 3.63) is 29.2 Å². The Hall–Kier alpha value is -1.74. The van der Waals surface area contributed by atoms with Crippen LogP contribution in [0.4, 0.5) is 0 Å². The molecule has 112 valence electrons. The first-order valence-electron chi connectivity index (χ1n) is 6.35. The van der Waals surface area contributed by atoms with E-state index in [0.29, 0.717) is 11.4 Å². The van der Waals surface area contributed by atoms with Crippen LogP contribution < -0.4 is 4.72 Å². The van der Waals surface area contributed by atoms with Crippen molar-refractivity contribution in [3.63, 3.8) is 0 Å². The van der Waals surface area contributed by atoms with Crippen LogP contribution in [0.1, 0.15) is 23.0 Å². The maximum absolute atomic E-state index is 12.1. The highest BCUT2D eigenvalue weighted by Gasteiger charge is 2.46. The predicted octanol–water partition coefficient (Wildman–Crippen LogP) is 0.794. The Kier molecular flexibility index (Phi) is 3.33. The van der Waals surface area contributed by atoms with Gasteiger partial charge >= 0.3 is 0 Å². The maximum atomic E-state index is 12.1. The quantitative estimate of drug-likeness (QED) is 0.896. The van der Waals surface area contributed by atoms with Gasteiger partial charge in [0.25, 0.3) is 10.0 Å². The molecule has 0 bridgehead atoms. The topological polar surface area (TPSA) is 93.9 Å². The molecule has 7 nitrogen and oxygen atoms in total. The van der Waals surface area contributed by atoms with Crippen LogP contribution in [-0.4, -0.2) is 29.1 Å². The molecule has 2 atom stereocenters. The molecular weight excluding hydrogens is 312 g/mol. The molecule has 21 heavy (non-hydrogen) atoms. The van der Waals surface area contributed by atoms with Gasteiger partial charge in [0.15, 0.2) is 4.21 Å². The first-order chi connectivity index (χ1) is 9.88. The average molecular weight is 326 g/mol. The molecule has 1 aliphatic carbocycles. The zero-order valence-corrected chi connectivity index (χ0v) is 13.1. The summed E-state index contributed by atoms with van der Waals surface area (Å²) in [5, 5.41) is 4.70. The first-order valence-corrected chi connectivity index (χ1v) is 8.65.